The van der Waals surface area contributed by atoms with Gasteiger partial charge in [-0.05, 0) is 55.3 Å². The Hall–Kier alpha value is -3.84. The molecule has 0 saturated heterocycles. The van der Waals surface area contributed by atoms with Crippen molar-refractivity contribution in [2.45, 2.75) is 18.9 Å². The minimum absolute atomic E-state index is 0.162. The Kier molecular flexibility index (Phi) is 5.71. The van der Waals surface area contributed by atoms with Crippen LogP contribution in [0.4, 0.5) is 11.4 Å². The van der Waals surface area contributed by atoms with Crippen LogP contribution in [0.25, 0.3) is 0 Å². The van der Waals surface area contributed by atoms with Gasteiger partial charge < -0.3 is 20.1 Å². The highest BCUT2D eigenvalue weighted by Crippen LogP contribution is 2.35. The predicted molar refractivity (Wildman–Crippen MR) is 126 cm³/mol. The van der Waals surface area contributed by atoms with E-state index in [0.29, 0.717) is 28.4 Å². The van der Waals surface area contributed by atoms with E-state index in [0.717, 1.165) is 12.8 Å². The number of carbonyl (C=O) groups excluding carboxylic acids is 2. The molecule has 3 aromatic carbocycles. The summed E-state index contributed by atoms with van der Waals surface area (Å²) in [5, 5.41) is 5.77. The standard InChI is InChI=1S/C26H25N3O4/c1-29(22-12-10-17-6-2-3-7-19(17)22)15-25(30)28-21-9-5-4-8-20(21)26(31)27-18-11-13-23-24(14-18)33-16-32-23/h2-9,11,13-14,22H,10,12,15-16H2,1H3,(H,27,31)(H,28,30)/t22-/m0/s1. The number of hydrogen-bond donors (Lipinski definition) is 2. The molecule has 2 N–H and O–H groups in total. The molecule has 0 bridgehead atoms. The van der Waals surface area contributed by atoms with E-state index >= 15 is 0 Å². The van der Waals surface area contributed by atoms with Gasteiger partial charge >= 0.3 is 0 Å². The molecule has 0 spiro atoms. The van der Waals surface area contributed by atoms with Crippen molar-refractivity contribution < 1.29 is 19.1 Å². The molecule has 0 unspecified atom stereocenters. The molecule has 5 rings (SSSR count). The number of ether oxygens (including phenoxy) is 2. The average Bonchev–Trinajstić information content (AvgIpc) is 3.46. The molecule has 33 heavy (non-hydrogen) atoms. The maximum Gasteiger partial charge on any atom is 0.257 e. The zero-order chi connectivity index (χ0) is 22.8. The Morgan fingerprint density at radius 2 is 1.76 bits per heavy atom. The number of hydrogen-bond acceptors (Lipinski definition) is 5. The molecule has 2 amide bonds. The van der Waals surface area contributed by atoms with Gasteiger partial charge in [-0.3, -0.25) is 14.5 Å². The average molecular weight is 444 g/mol. The maximum absolute atomic E-state index is 12.9. The van der Waals surface area contributed by atoms with Crippen molar-refractivity contribution in [2.24, 2.45) is 0 Å². The quantitative estimate of drug-likeness (QED) is 0.596. The molecule has 7 heteroatoms. The highest BCUT2D eigenvalue weighted by Gasteiger charge is 2.26. The number of amides is 2. The number of carbonyl (C=O) groups is 2. The molecule has 1 atom stereocenters. The second-order valence-corrected chi connectivity index (χ2v) is 8.28. The Labute approximate surface area is 192 Å². The van der Waals surface area contributed by atoms with Crippen LogP contribution in [-0.4, -0.2) is 37.1 Å². The van der Waals surface area contributed by atoms with Gasteiger partial charge in [0, 0.05) is 17.8 Å². The maximum atomic E-state index is 12.9. The number of anilines is 2. The van der Waals surface area contributed by atoms with Crippen LogP contribution in [0.3, 0.4) is 0 Å². The van der Waals surface area contributed by atoms with Gasteiger partial charge in [-0.2, -0.15) is 0 Å². The molecule has 1 aliphatic carbocycles. The fourth-order valence-corrected chi connectivity index (χ4v) is 4.48. The molecule has 0 radical (unpaired) electrons. The number of nitrogens with one attached hydrogen (secondary N) is 2. The second-order valence-electron chi connectivity index (χ2n) is 8.28. The molecule has 0 saturated carbocycles. The molecular weight excluding hydrogens is 418 g/mol. The van der Waals surface area contributed by atoms with Gasteiger partial charge in [0.1, 0.15) is 0 Å². The van der Waals surface area contributed by atoms with Gasteiger partial charge in [0.15, 0.2) is 11.5 Å². The highest BCUT2D eigenvalue weighted by molar-refractivity contribution is 6.10. The van der Waals surface area contributed by atoms with Crippen LogP contribution < -0.4 is 20.1 Å². The fourth-order valence-electron chi connectivity index (χ4n) is 4.48. The first-order valence-electron chi connectivity index (χ1n) is 11.0. The van der Waals surface area contributed by atoms with Gasteiger partial charge in [-0.15, -0.1) is 0 Å². The third kappa shape index (κ3) is 4.40. The largest absolute Gasteiger partial charge is 0.454 e. The Bertz CT molecular complexity index is 1210. The molecule has 1 heterocycles. The van der Waals surface area contributed by atoms with E-state index in [1.807, 2.05) is 13.1 Å². The number of para-hydroxylation sites is 1. The third-order valence-corrected chi connectivity index (χ3v) is 6.10. The molecule has 0 fully saturated rings. The molecule has 3 aromatic rings. The fraction of sp³-hybridized carbons (Fsp3) is 0.231. The van der Waals surface area contributed by atoms with Crippen LogP contribution in [-0.2, 0) is 11.2 Å². The summed E-state index contributed by atoms with van der Waals surface area (Å²) in [5.74, 6) is 0.758. The molecule has 7 nitrogen and oxygen atoms in total. The van der Waals surface area contributed by atoms with E-state index in [1.165, 1.54) is 11.1 Å². The summed E-state index contributed by atoms with van der Waals surface area (Å²) < 4.78 is 10.7. The van der Waals surface area contributed by atoms with Crippen LogP contribution in [0.1, 0.15) is 33.9 Å². The number of aryl methyl sites for hydroxylation is 1. The lowest BCUT2D eigenvalue weighted by Gasteiger charge is -2.24. The first kappa shape index (κ1) is 21.0. The minimum atomic E-state index is -0.317. The lowest BCUT2D eigenvalue weighted by molar-refractivity contribution is -0.117. The number of benzene rings is 3. The van der Waals surface area contributed by atoms with Crippen molar-refractivity contribution in [1.29, 1.82) is 0 Å². The first-order chi connectivity index (χ1) is 16.1. The second kappa shape index (κ2) is 8.96. The van der Waals surface area contributed by atoms with Crippen molar-refractivity contribution in [3.8, 4) is 11.5 Å². The van der Waals surface area contributed by atoms with Crippen LogP contribution in [0.5, 0.6) is 11.5 Å². The Morgan fingerprint density at radius 1 is 0.970 bits per heavy atom. The van der Waals surface area contributed by atoms with E-state index in [4.69, 9.17) is 9.47 Å². The van der Waals surface area contributed by atoms with E-state index in [1.54, 1.807) is 42.5 Å². The molecule has 168 valence electrons. The zero-order valence-electron chi connectivity index (χ0n) is 18.3. The number of rotatable bonds is 6. The highest BCUT2D eigenvalue weighted by atomic mass is 16.7. The van der Waals surface area contributed by atoms with E-state index < -0.39 is 0 Å². The van der Waals surface area contributed by atoms with Gasteiger partial charge in [0.2, 0.25) is 12.7 Å². The number of nitrogens with zero attached hydrogens (tertiary/aromatic N) is 1. The lowest BCUT2D eigenvalue weighted by atomic mass is 10.1. The summed E-state index contributed by atoms with van der Waals surface area (Å²) in [4.78, 5) is 27.8. The SMILES string of the molecule is CN(CC(=O)Nc1ccccc1C(=O)Nc1ccc2c(c1)OCO2)[C@H]1CCc2ccccc21. The van der Waals surface area contributed by atoms with E-state index in [2.05, 4.69) is 33.7 Å². The van der Waals surface area contributed by atoms with Crippen molar-refractivity contribution >= 4 is 23.2 Å². The Morgan fingerprint density at radius 3 is 2.67 bits per heavy atom. The summed E-state index contributed by atoms with van der Waals surface area (Å²) in [6, 6.07) is 20.8. The van der Waals surface area contributed by atoms with Gasteiger partial charge in [0.05, 0.1) is 17.8 Å². The molecule has 0 aromatic heterocycles. The number of likely N-dealkylation sites (N-methyl/N-ethyl adjacent to an activating group) is 1. The monoisotopic (exact) mass is 443 g/mol. The topological polar surface area (TPSA) is 79.9 Å². The summed E-state index contributed by atoms with van der Waals surface area (Å²) in [6.07, 6.45) is 2.02. The summed E-state index contributed by atoms with van der Waals surface area (Å²) in [7, 11) is 1.96. The van der Waals surface area contributed by atoms with Crippen LogP contribution >= 0.6 is 0 Å². The summed E-state index contributed by atoms with van der Waals surface area (Å²) in [6.45, 7) is 0.402. The van der Waals surface area contributed by atoms with Gasteiger partial charge in [-0.25, -0.2) is 0 Å². The van der Waals surface area contributed by atoms with Crippen molar-refractivity contribution in [2.75, 3.05) is 31.0 Å². The van der Waals surface area contributed by atoms with Crippen molar-refractivity contribution in [3.05, 3.63) is 83.4 Å². The predicted octanol–water partition coefficient (Wildman–Crippen LogP) is 4.23. The van der Waals surface area contributed by atoms with Gasteiger partial charge in [-0.1, -0.05) is 36.4 Å². The first-order valence-corrected chi connectivity index (χ1v) is 11.0. The van der Waals surface area contributed by atoms with E-state index in [9.17, 15) is 9.59 Å². The van der Waals surface area contributed by atoms with E-state index in [-0.39, 0.29) is 31.2 Å². The molecule has 1 aliphatic heterocycles. The molecule has 2 aliphatic rings. The van der Waals surface area contributed by atoms with Crippen molar-refractivity contribution in [1.82, 2.24) is 4.90 Å². The van der Waals surface area contributed by atoms with Crippen LogP contribution in [0.15, 0.2) is 66.7 Å². The smallest absolute Gasteiger partial charge is 0.257 e. The normalized spacial score (nSPS) is 15.9. The summed E-state index contributed by atoms with van der Waals surface area (Å²) >= 11 is 0. The van der Waals surface area contributed by atoms with Crippen LogP contribution in [0, 0.1) is 0 Å². The Balaban J connectivity index is 1.25. The van der Waals surface area contributed by atoms with Gasteiger partial charge in [0.25, 0.3) is 5.91 Å². The molecular formula is C26H25N3O4. The zero-order valence-corrected chi connectivity index (χ0v) is 18.3. The summed E-state index contributed by atoms with van der Waals surface area (Å²) in [5.41, 5.74) is 4.08. The minimum Gasteiger partial charge on any atom is -0.454 e. The lowest BCUT2D eigenvalue weighted by Crippen LogP contribution is -2.33. The number of fused-ring (bicyclic) bond motifs is 2. The van der Waals surface area contributed by atoms with Crippen molar-refractivity contribution in [3.63, 3.8) is 0 Å². The third-order valence-electron chi connectivity index (χ3n) is 6.10. The van der Waals surface area contributed by atoms with Crippen LogP contribution in [0.2, 0.25) is 0 Å².